The molecule has 4 aromatic rings. The van der Waals surface area contributed by atoms with Crippen molar-refractivity contribution >= 4 is 16.5 Å². The Kier molecular flexibility index (Phi) is 7.56. The summed E-state index contributed by atoms with van der Waals surface area (Å²) in [5.74, 6) is -0.741. The molecule has 38 heavy (non-hydrogen) atoms. The topological polar surface area (TPSA) is 92.7 Å². The second-order valence-electron chi connectivity index (χ2n) is 8.68. The molecule has 0 amide bonds. The number of H-pyrrole nitrogens is 1. The number of hydrogen-bond donors (Lipinski definition) is 2. The number of pyridine rings is 2. The van der Waals surface area contributed by atoms with Gasteiger partial charge < -0.3 is 9.88 Å². The van der Waals surface area contributed by atoms with Gasteiger partial charge in [0.15, 0.2) is 0 Å². The van der Waals surface area contributed by atoms with Crippen LogP contribution >= 0.6 is 0 Å². The first-order chi connectivity index (χ1) is 18.0. The van der Waals surface area contributed by atoms with Crippen molar-refractivity contribution in [3.63, 3.8) is 0 Å². The third-order valence-corrected chi connectivity index (χ3v) is 5.96. The van der Waals surface area contributed by atoms with Crippen LogP contribution in [0.5, 0.6) is 0 Å². The zero-order valence-corrected chi connectivity index (χ0v) is 19.8. The number of alkyl halides is 5. The van der Waals surface area contributed by atoms with Crippen LogP contribution < -0.4 is 16.4 Å². The maximum absolute atomic E-state index is 14.8. The normalized spacial score (nSPS) is 12.7. The molecule has 0 radical (unpaired) electrons. The van der Waals surface area contributed by atoms with E-state index in [1.54, 1.807) is 18.1 Å². The number of hydrogen-bond acceptors (Lipinski definition) is 5. The summed E-state index contributed by atoms with van der Waals surface area (Å²) in [4.78, 5) is 28.4. The lowest BCUT2D eigenvalue weighted by atomic mass is 10.0. The number of anilines is 1. The lowest BCUT2D eigenvalue weighted by molar-refractivity contribution is -0.138. The van der Waals surface area contributed by atoms with E-state index < -0.39 is 46.8 Å². The first-order valence-electron chi connectivity index (χ1n) is 11.4. The summed E-state index contributed by atoms with van der Waals surface area (Å²) in [7, 11) is 0. The largest absolute Gasteiger partial charge is 0.423 e. The molecule has 0 fully saturated rings. The molecule has 1 unspecified atom stereocenters. The summed E-state index contributed by atoms with van der Waals surface area (Å²) in [6, 6.07) is 6.03. The molecule has 0 spiro atoms. The van der Waals surface area contributed by atoms with Crippen molar-refractivity contribution < 1.29 is 26.3 Å². The van der Waals surface area contributed by atoms with Gasteiger partial charge in [0, 0.05) is 36.1 Å². The molecular weight excluding hydrogens is 516 g/mol. The molecule has 0 saturated heterocycles. The van der Waals surface area contributed by atoms with Crippen LogP contribution in [0.2, 0.25) is 0 Å². The minimum atomic E-state index is -4.86. The Morgan fingerprint density at radius 3 is 2.53 bits per heavy atom. The summed E-state index contributed by atoms with van der Waals surface area (Å²) in [5.41, 5.74) is -3.72. The van der Waals surface area contributed by atoms with Gasteiger partial charge in [-0.05, 0) is 55.5 Å². The molecular formula is C25H21F6N5O2. The van der Waals surface area contributed by atoms with Gasteiger partial charge in [0.1, 0.15) is 11.4 Å². The van der Waals surface area contributed by atoms with E-state index in [-0.39, 0.29) is 28.8 Å². The molecule has 0 saturated carbocycles. The fraction of sp³-hybridized carbons (Fsp3) is 0.280. The molecule has 13 heteroatoms. The lowest BCUT2D eigenvalue weighted by Gasteiger charge is -2.18. The minimum Gasteiger partial charge on any atom is -0.381 e. The van der Waals surface area contributed by atoms with E-state index in [1.807, 2.05) is 0 Å². The van der Waals surface area contributed by atoms with Crippen molar-refractivity contribution in [2.24, 2.45) is 0 Å². The van der Waals surface area contributed by atoms with E-state index in [1.165, 1.54) is 22.9 Å². The average Bonchev–Trinajstić information content (AvgIpc) is 2.85. The highest BCUT2D eigenvalue weighted by atomic mass is 19.4. The predicted molar refractivity (Wildman–Crippen MR) is 129 cm³/mol. The van der Waals surface area contributed by atoms with Crippen molar-refractivity contribution in [3.8, 4) is 11.3 Å². The Morgan fingerprint density at radius 1 is 1.11 bits per heavy atom. The third-order valence-electron chi connectivity index (χ3n) is 5.96. The SMILES string of the molecule is CC(CCCn1ccc2cc(-c3ccc(C(F)F)cn3)c(F)cc2c1=O)Nc1cn[nH]c(=O)c1C(F)(F)F. The Hall–Kier alpha value is -4.16. The van der Waals surface area contributed by atoms with Crippen LogP contribution in [0.3, 0.4) is 0 Å². The van der Waals surface area contributed by atoms with Gasteiger partial charge in [-0.3, -0.25) is 14.6 Å². The lowest BCUT2D eigenvalue weighted by Crippen LogP contribution is -2.27. The number of rotatable bonds is 8. The van der Waals surface area contributed by atoms with E-state index in [0.29, 0.717) is 18.2 Å². The average molecular weight is 537 g/mol. The first kappa shape index (κ1) is 26.9. The number of aryl methyl sites for hydroxylation is 1. The summed E-state index contributed by atoms with van der Waals surface area (Å²) < 4.78 is 81.4. The first-order valence-corrected chi connectivity index (χ1v) is 11.4. The molecule has 1 atom stereocenters. The van der Waals surface area contributed by atoms with Gasteiger partial charge in [0.25, 0.3) is 17.5 Å². The summed E-state index contributed by atoms with van der Waals surface area (Å²) in [5, 5.41) is 8.36. The molecule has 4 rings (SSSR count). The second-order valence-corrected chi connectivity index (χ2v) is 8.68. The molecule has 0 bridgehead atoms. The number of halogens is 6. The zero-order valence-electron chi connectivity index (χ0n) is 19.8. The van der Waals surface area contributed by atoms with Crippen LogP contribution in [0.15, 0.2) is 58.5 Å². The fourth-order valence-electron chi connectivity index (χ4n) is 4.07. The molecule has 1 aromatic carbocycles. The minimum absolute atomic E-state index is 0.0582. The van der Waals surface area contributed by atoms with Gasteiger partial charge >= 0.3 is 6.18 Å². The van der Waals surface area contributed by atoms with Crippen LogP contribution in [0.25, 0.3) is 22.0 Å². The van der Waals surface area contributed by atoms with E-state index in [9.17, 15) is 35.9 Å². The van der Waals surface area contributed by atoms with Gasteiger partial charge in [0.2, 0.25) is 0 Å². The Labute approximate surface area is 211 Å². The summed E-state index contributed by atoms with van der Waals surface area (Å²) >= 11 is 0. The van der Waals surface area contributed by atoms with Crippen LogP contribution in [-0.2, 0) is 12.7 Å². The second kappa shape index (κ2) is 10.7. The van der Waals surface area contributed by atoms with Crippen molar-refractivity contribution in [1.29, 1.82) is 0 Å². The zero-order chi connectivity index (χ0) is 27.6. The molecule has 0 aliphatic heterocycles. The highest BCUT2D eigenvalue weighted by Crippen LogP contribution is 2.32. The van der Waals surface area contributed by atoms with Crippen molar-refractivity contribution in [2.75, 3.05) is 5.32 Å². The van der Waals surface area contributed by atoms with Gasteiger partial charge in [-0.25, -0.2) is 18.3 Å². The highest BCUT2D eigenvalue weighted by molar-refractivity contribution is 5.86. The Morgan fingerprint density at radius 2 is 1.87 bits per heavy atom. The molecule has 0 aliphatic rings. The van der Waals surface area contributed by atoms with E-state index >= 15 is 0 Å². The van der Waals surface area contributed by atoms with Gasteiger partial charge in [-0.1, -0.05) is 0 Å². The van der Waals surface area contributed by atoms with E-state index in [4.69, 9.17) is 0 Å². The van der Waals surface area contributed by atoms with Gasteiger partial charge in [-0.2, -0.15) is 18.3 Å². The number of aromatic nitrogens is 4. The van der Waals surface area contributed by atoms with Crippen molar-refractivity contribution in [2.45, 2.75) is 45.0 Å². The van der Waals surface area contributed by atoms with E-state index in [0.717, 1.165) is 24.5 Å². The van der Waals surface area contributed by atoms with Gasteiger partial charge in [-0.15, -0.1) is 0 Å². The molecule has 2 N–H and O–H groups in total. The molecule has 3 heterocycles. The van der Waals surface area contributed by atoms with Crippen LogP contribution in [-0.4, -0.2) is 25.8 Å². The van der Waals surface area contributed by atoms with E-state index in [2.05, 4.69) is 15.4 Å². The number of benzene rings is 1. The fourth-order valence-corrected chi connectivity index (χ4v) is 4.07. The number of aromatic amines is 1. The van der Waals surface area contributed by atoms with Crippen LogP contribution in [0.1, 0.15) is 37.3 Å². The monoisotopic (exact) mass is 537 g/mol. The number of fused-ring (bicyclic) bond motifs is 1. The number of nitrogens with zero attached hydrogens (tertiary/aromatic N) is 3. The van der Waals surface area contributed by atoms with Crippen LogP contribution in [0.4, 0.5) is 32.0 Å². The quantitative estimate of drug-likeness (QED) is 0.289. The Balaban J connectivity index is 1.47. The maximum atomic E-state index is 14.8. The molecule has 3 aromatic heterocycles. The summed E-state index contributed by atoms with van der Waals surface area (Å²) in [6.07, 6.45) is -3.46. The number of nitrogens with one attached hydrogen (secondary N) is 2. The third kappa shape index (κ3) is 5.71. The molecule has 7 nitrogen and oxygen atoms in total. The standard InChI is InChI=1S/C25H21F6N5O2/c1-13(34-20-12-33-35-23(37)21(20)25(29,30)31)3-2-7-36-8-6-14-9-17(18(26)10-16(14)24(36)38)19-5-4-15(11-32-19)22(27)28/h4-6,8-13,22H,2-3,7H2,1H3,(H2,34,35,37). The van der Waals surface area contributed by atoms with Crippen molar-refractivity contribution in [3.05, 3.63) is 86.6 Å². The highest BCUT2D eigenvalue weighted by Gasteiger charge is 2.37. The molecule has 0 aliphatic carbocycles. The Bertz CT molecular complexity index is 1560. The summed E-state index contributed by atoms with van der Waals surface area (Å²) in [6.45, 7) is 1.84. The molecule has 200 valence electrons. The maximum Gasteiger partial charge on any atom is 0.423 e. The van der Waals surface area contributed by atoms with Crippen LogP contribution in [0, 0.1) is 5.82 Å². The smallest absolute Gasteiger partial charge is 0.381 e. The van der Waals surface area contributed by atoms with Gasteiger partial charge in [0.05, 0.1) is 23.0 Å². The predicted octanol–water partition coefficient (Wildman–Crippen LogP) is 5.52. The van der Waals surface area contributed by atoms with Crippen molar-refractivity contribution in [1.82, 2.24) is 19.7 Å².